The van der Waals surface area contributed by atoms with Gasteiger partial charge in [-0.05, 0) is 36.8 Å². The Morgan fingerprint density at radius 3 is 2.05 bits per heavy atom. The molecule has 21 heavy (non-hydrogen) atoms. The summed E-state index contributed by atoms with van der Waals surface area (Å²) in [6, 6.07) is 18.1. The molecular formula is C19H20O2. The Balaban J connectivity index is 1.86. The number of benzene rings is 2. The molecule has 108 valence electrons. The molecule has 2 nitrogen and oxygen atoms in total. The summed E-state index contributed by atoms with van der Waals surface area (Å²) < 4.78 is 5.58. The largest absolute Gasteiger partial charge is 0.370 e. The van der Waals surface area contributed by atoms with E-state index in [2.05, 4.69) is 12.1 Å². The van der Waals surface area contributed by atoms with Gasteiger partial charge in [0.25, 0.3) is 0 Å². The van der Waals surface area contributed by atoms with E-state index in [-0.39, 0.29) is 5.78 Å². The van der Waals surface area contributed by atoms with Crippen LogP contribution in [0.15, 0.2) is 54.6 Å². The van der Waals surface area contributed by atoms with Gasteiger partial charge in [-0.25, -0.2) is 0 Å². The number of ketones is 1. The van der Waals surface area contributed by atoms with Crippen molar-refractivity contribution in [2.45, 2.75) is 31.3 Å². The van der Waals surface area contributed by atoms with Crippen LogP contribution >= 0.6 is 0 Å². The average molecular weight is 280 g/mol. The molecule has 0 N–H and O–H groups in total. The highest BCUT2D eigenvalue weighted by atomic mass is 16.5. The van der Waals surface area contributed by atoms with Crippen molar-refractivity contribution in [2.75, 3.05) is 7.11 Å². The molecule has 1 aliphatic rings. The van der Waals surface area contributed by atoms with E-state index < -0.39 is 5.60 Å². The fraction of sp³-hybridized carbons (Fsp3) is 0.316. The number of rotatable bonds is 4. The summed E-state index contributed by atoms with van der Waals surface area (Å²) in [5.74, 6) is 0.127. The smallest absolute Gasteiger partial charge is 0.194 e. The van der Waals surface area contributed by atoms with Crippen molar-refractivity contribution in [3.63, 3.8) is 0 Å². The first-order chi connectivity index (χ1) is 10.2. The van der Waals surface area contributed by atoms with Gasteiger partial charge in [-0.1, -0.05) is 54.6 Å². The monoisotopic (exact) mass is 280 g/mol. The molecule has 0 atom stereocenters. The molecule has 0 aliphatic heterocycles. The number of methoxy groups -OCH3 is 1. The number of ether oxygens (including phenoxy) is 1. The van der Waals surface area contributed by atoms with E-state index >= 15 is 0 Å². The molecule has 0 bridgehead atoms. The maximum absolute atomic E-state index is 12.7. The van der Waals surface area contributed by atoms with Gasteiger partial charge in [0.15, 0.2) is 5.78 Å². The summed E-state index contributed by atoms with van der Waals surface area (Å²) in [4.78, 5) is 12.7. The highest BCUT2D eigenvalue weighted by Gasteiger charge is 2.41. The van der Waals surface area contributed by atoms with Gasteiger partial charge < -0.3 is 4.74 Å². The summed E-state index contributed by atoms with van der Waals surface area (Å²) in [6.07, 6.45) is 3.81. The number of hydrogen-bond acceptors (Lipinski definition) is 2. The predicted molar refractivity (Wildman–Crippen MR) is 84.4 cm³/mol. The lowest BCUT2D eigenvalue weighted by molar-refractivity contribution is 0.00602. The van der Waals surface area contributed by atoms with Gasteiger partial charge in [-0.3, -0.25) is 4.79 Å². The molecule has 0 amide bonds. The Morgan fingerprint density at radius 2 is 1.48 bits per heavy atom. The van der Waals surface area contributed by atoms with Gasteiger partial charge in [-0.15, -0.1) is 0 Å². The van der Waals surface area contributed by atoms with Crippen molar-refractivity contribution in [3.8, 4) is 11.1 Å². The lowest BCUT2D eigenvalue weighted by Gasteiger charge is -2.25. The first kappa shape index (κ1) is 14.0. The minimum Gasteiger partial charge on any atom is -0.370 e. The Kier molecular flexibility index (Phi) is 3.89. The lowest BCUT2D eigenvalue weighted by Crippen LogP contribution is -2.37. The molecule has 1 fully saturated rings. The SMILES string of the molecule is COC1(C(=O)c2ccc(-c3ccccc3)cc2)CCCC1. The van der Waals surface area contributed by atoms with Crippen LogP contribution in [0.1, 0.15) is 36.0 Å². The van der Waals surface area contributed by atoms with E-state index in [1.54, 1.807) is 7.11 Å². The van der Waals surface area contributed by atoms with Crippen LogP contribution in [0.5, 0.6) is 0 Å². The predicted octanol–water partition coefficient (Wildman–Crippen LogP) is 4.50. The Bertz CT molecular complexity index is 608. The fourth-order valence-electron chi connectivity index (χ4n) is 3.18. The van der Waals surface area contributed by atoms with Gasteiger partial charge in [0, 0.05) is 12.7 Å². The van der Waals surface area contributed by atoms with E-state index in [9.17, 15) is 4.79 Å². The standard InChI is InChI=1S/C19H20O2/c1-21-19(13-5-6-14-19)18(20)17-11-9-16(10-12-17)15-7-3-2-4-8-15/h2-4,7-12H,5-6,13-14H2,1H3. The molecule has 0 unspecified atom stereocenters. The molecule has 0 aromatic heterocycles. The van der Waals surface area contributed by atoms with E-state index in [0.717, 1.165) is 36.8 Å². The molecule has 0 radical (unpaired) electrons. The third-order valence-corrected chi connectivity index (χ3v) is 4.47. The first-order valence-corrected chi connectivity index (χ1v) is 7.51. The van der Waals surface area contributed by atoms with Gasteiger partial charge in [-0.2, -0.15) is 0 Å². The number of carbonyl (C=O) groups excluding carboxylic acids is 1. The summed E-state index contributed by atoms with van der Waals surface area (Å²) in [6.45, 7) is 0. The van der Waals surface area contributed by atoms with E-state index in [4.69, 9.17) is 4.74 Å². The zero-order valence-electron chi connectivity index (χ0n) is 12.3. The fourth-order valence-corrected chi connectivity index (χ4v) is 3.18. The maximum Gasteiger partial charge on any atom is 0.194 e. The van der Waals surface area contributed by atoms with Gasteiger partial charge in [0.05, 0.1) is 0 Å². The second kappa shape index (κ2) is 5.82. The average Bonchev–Trinajstić information content (AvgIpc) is 3.05. The van der Waals surface area contributed by atoms with Crippen LogP contribution in [0.3, 0.4) is 0 Å². The molecular weight excluding hydrogens is 260 g/mol. The normalized spacial score (nSPS) is 16.8. The van der Waals surface area contributed by atoms with Crippen molar-refractivity contribution in [1.82, 2.24) is 0 Å². The summed E-state index contributed by atoms with van der Waals surface area (Å²) in [7, 11) is 1.65. The van der Waals surface area contributed by atoms with Gasteiger partial charge in [0.1, 0.15) is 5.60 Å². The van der Waals surface area contributed by atoms with Crippen molar-refractivity contribution < 1.29 is 9.53 Å². The number of hydrogen-bond donors (Lipinski definition) is 0. The van der Waals surface area contributed by atoms with Crippen molar-refractivity contribution in [3.05, 3.63) is 60.2 Å². The van der Waals surface area contributed by atoms with Crippen LogP contribution < -0.4 is 0 Å². The lowest BCUT2D eigenvalue weighted by atomic mass is 9.90. The molecule has 0 spiro atoms. The quantitative estimate of drug-likeness (QED) is 0.771. The van der Waals surface area contributed by atoms with Crippen LogP contribution in [0.4, 0.5) is 0 Å². The first-order valence-electron chi connectivity index (χ1n) is 7.51. The Morgan fingerprint density at radius 1 is 0.905 bits per heavy atom. The third kappa shape index (κ3) is 2.64. The summed E-state index contributed by atoms with van der Waals surface area (Å²) in [5.41, 5.74) is 2.45. The maximum atomic E-state index is 12.7. The highest BCUT2D eigenvalue weighted by Crippen LogP contribution is 2.35. The second-order valence-electron chi connectivity index (χ2n) is 5.68. The Labute approximate surface area is 125 Å². The summed E-state index contributed by atoms with van der Waals surface area (Å²) >= 11 is 0. The topological polar surface area (TPSA) is 26.3 Å². The second-order valence-corrected chi connectivity index (χ2v) is 5.68. The van der Waals surface area contributed by atoms with Gasteiger partial charge >= 0.3 is 0 Å². The van der Waals surface area contributed by atoms with Crippen LogP contribution in [0, 0.1) is 0 Å². The van der Waals surface area contributed by atoms with E-state index in [0.29, 0.717) is 0 Å². The number of carbonyl (C=O) groups is 1. The number of Topliss-reactive ketones (excluding diaryl/α,β-unsaturated/α-hetero) is 1. The minimum absolute atomic E-state index is 0.127. The zero-order chi connectivity index (χ0) is 14.7. The Hall–Kier alpha value is -1.93. The van der Waals surface area contributed by atoms with Crippen molar-refractivity contribution >= 4 is 5.78 Å². The molecule has 1 saturated carbocycles. The molecule has 2 aromatic rings. The molecule has 1 aliphatic carbocycles. The molecule has 2 aromatic carbocycles. The summed E-state index contributed by atoms with van der Waals surface area (Å²) in [5, 5.41) is 0. The van der Waals surface area contributed by atoms with E-state index in [1.165, 1.54) is 5.56 Å². The van der Waals surface area contributed by atoms with E-state index in [1.807, 2.05) is 42.5 Å². The van der Waals surface area contributed by atoms with Crippen molar-refractivity contribution in [1.29, 1.82) is 0 Å². The van der Waals surface area contributed by atoms with Crippen LogP contribution in [-0.4, -0.2) is 18.5 Å². The molecule has 3 rings (SSSR count). The van der Waals surface area contributed by atoms with Crippen LogP contribution in [0.25, 0.3) is 11.1 Å². The molecule has 0 heterocycles. The third-order valence-electron chi connectivity index (χ3n) is 4.47. The van der Waals surface area contributed by atoms with Crippen LogP contribution in [0.2, 0.25) is 0 Å². The molecule has 0 saturated heterocycles. The zero-order valence-corrected chi connectivity index (χ0v) is 12.3. The van der Waals surface area contributed by atoms with Crippen LogP contribution in [-0.2, 0) is 4.74 Å². The van der Waals surface area contributed by atoms with Crippen molar-refractivity contribution in [2.24, 2.45) is 0 Å². The molecule has 2 heteroatoms. The minimum atomic E-state index is -0.589. The van der Waals surface area contributed by atoms with Gasteiger partial charge in [0.2, 0.25) is 0 Å². The highest BCUT2D eigenvalue weighted by molar-refractivity contribution is 6.03.